The van der Waals surface area contributed by atoms with Crippen LogP contribution in [-0.4, -0.2) is 20.9 Å². The summed E-state index contributed by atoms with van der Waals surface area (Å²) in [5.41, 5.74) is 11.4. The van der Waals surface area contributed by atoms with Gasteiger partial charge in [-0.1, -0.05) is 0 Å². The van der Waals surface area contributed by atoms with Gasteiger partial charge in [0.2, 0.25) is 15.9 Å². The highest BCUT2D eigenvalue weighted by Crippen LogP contribution is 2.27. The molecule has 0 aliphatic rings. The first-order valence-electron chi connectivity index (χ1n) is 5.92. The van der Waals surface area contributed by atoms with E-state index in [1.807, 2.05) is 0 Å². The van der Waals surface area contributed by atoms with Crippen molar-refractivity contribution in [3.05, 3.63) is 17.7 Å². The average molecular weight is 300 g/mol. The Morgan fingerprint density at radius 3 is 2.35 bits per heavy atom. The smallest absolute Gasteiger partial charge is 0.238 e. The lowest BCUT2D eigenvalue weighted by Gasteiger charge is -2.23. The average Bonchev–Trinajstić information content (AvgIpc) is 2.28. The largest absolute Gasteiger partial charge is 0.399 e. The maximum absolute atomic E-state index is 11.5. The molecule has 1 amide bonds. The third-order valence-corrected chi connectivity index (χ3v) is 4.11. The zero-order valence-corrected chi connectivity index (χ0v) is 12.5. The van der Waals surface area contributed by atoms with Crippen molar-refractivity contribution < 1.29 is 13.2 Å². The molecule has 1 rings (SSSR count). The fourth-order valence-electron chi connectivity index (χ4n) is 1.59. The second-order valence-corrected chi connectivity index (χ2v) is 6.87. The van der Waals surface area contributed by atoms with E-state index >= 15 is 0 Å². The monoisotopic (exact) mass is 300 g/mol. The van der Waals surface area contributed by atoms with E-state index in [-0.39, 0.29) is 17.1 Å². The minimum atomic E-state index is -3.86. The lowest BCUT2D eigenvalue weighted by molar-refractivity contribution is -0.125. The minimum Gasteiger partial charge on any atom is -0.399 e. The molecule has 0 heterocycles. The number of anilines is 2. The second kappa shape index (κ2) is 5.29. The molecule has 0 aliphatic heterocycles. The third kappa shape index (κ3) is 3.61. The number of hydrogen-bond donors (Lipinski definition) is 4. The molecule has 0 saturated heterocycles. The van der Waals surface area contributed by atoms with Gasteiger partial charge in [-0.15, -0.1) is 0 Å². The Hall–Kier alpha value is -1.80. The molecule has 0 unspecified atom stereocenters. The molecule has 7 N–H and O–H groups in total. The quantitative estimate of drug-likeness (QED) is 0.573. The molecule has 1 aromatic rings. The van der Waals surface area contributed by atoms with Crippen molar-refractivity contribution >= 4 is 27.3 Å². The highest BCUT2D eigenvalue weighted by Gasteiger charge is 2.25. The number of rotatable bonds is 5. The van der Waals surface area contributed by atoms with Gasteiger partial charge in [0.1, 0.15) is 0 Å². The molecular formula is C12H20N4O3S. The molecule has 0 radical (unpaired) electrons. The minimum absolute atomic E-state index is 0.0446. The maximum atomic E-state index is 11.5. The van der Waals surface area contributed by atoms with E-state index in [0.29, 0.717) is 11.3 Å². The molecule has 20 heavy (non-hydrogen) atoms. The van der Waals surface area contributed by atoms with Crippen LogP contribution in [0, 0.1) is 12.3 Å². The summed E-state index contributed by atoms with van der Waals surface area (Å²) in [6.45, 7) is 5.23. The predicted octanol–water partition coefficient (Wildman–Crippen LogP) is 0.148. The first kappa shape index (κ1) is 16.3. The van der Waals surface area contributed by atoms with Gasteiger partial charge in [0, 0.05) is 17.9 Å². The van der Waals surface area contributed by atoms with Crippen molar-refractivity contribution in [2.75, 3.05) is 17.6 Å². The zero-order chi connectivity index (χ0) is 15.7. The third-order valence-electron chi connectivity index (χ3n) is 3.08. The standard InChI is InChI=1S/C12H20N4O3S/c1-7-9(16-6-12(2,3)11(14)17)4-8(13)5-10(7)20(15,18)19/h4-5,16H,6,13H2,1-3H3,(H2,14,17)(H2,15,18,19). The molecule has 0 bridgehead atoms. The first-order valence-corrected chi connectivity index (χ1v) is 7.46. The Labute approximate surface area is 118 Å². The number of carbonyl (C=O) groups excluding carboxylic acids is 1. The number of nitrogens with two attached hydrogens (primary N) is 3. The van der Waals surface area contributed by atoms with Gasteiger partial charge in [0.15, 0.2) is 0 Å². The van der Waals surface area contributed by atoms with Gasteiger partial charge in [-0.25, -0.2) is 13.6 Å². The van der Waals surface area contributed by atoms with Gasteiger partial charge in [0.05, 0.1) is 10.3 Å². The summed E-state index contributed by atoms with van der Waals surface area (Å²) in [6.07, 6.45) is 0. The molecule has 0 aromatic heterocycles. The highest BCUT2D eigenvalue weighted by molar-refractivity contribution is 7.89. The molecule has 0 spiro atoms. The highest BCUT2D eigenvalue weighted by atomic mass is 32.2. The van der Waals surface area contributed by atoms with Crippen molar-refractivity contribution in [1.82, 2.24) is 0 Å². The van der Waals surface area contributed by atoms with Crippen LogP contribution in [0.3, 0.4) is 0 Å². The van der Waals surface area contributed by atoms with Crippen LogP contribution in [-0.2, 0) is 14.8 Å². The van der Waals surface area contributed by atoms with Gasteiger partial charge in [-0.2, -0.15) is 0 Å². The van der Waals surface area contributed by atoms with E-state index in [1.165, 1.54) is 6.07 Å². The van der Waals surface area contributed by atoms with Crippen LogP contribution in [0.5, 0.6) is 0 Å². The fraction of sp³-hybridized carbons (Fsp3) is 0.417. The van der Waals surface area contributed by atoms with Gasteiger partial charge in [-0.3, -0.25) is 4.79 Å². The Morgan fingerprint density at radius 2 is 1.90 bits per heavy atom. The number of carbonyl (C=O) groups is 1. The number of benzene rings is 1. The van der Waals surface area contributed by atoms with Gasteiger partial charge < -0.3 is 16.8 Å². The molecule has 0 saturated carbocycles. The normalized spacial score (nSPS) is 12.2. The first-order chi connectivity index (χ1) is 8.95. The molecule has 0 atom stereocenters. The van der Waals surface area contributed by atoms with E-state index in [1.54, 1.807) is 26.8 Å². The van der Waals surface area contributed by atoms with Crippen molar-refractivity contribution in [2.45, 2.75) is 25.7 Å². The molecule has 1 aromatic carbocycles. The van der Waals surface area contributed by atoms with Crippen LogP contribution < -0.4 is 21.9 Å². The van der Waals surface area contributed by atoms with E-state index in [9.17, 15) is 13.2 Å². The Morgan fingerprint density at radius 1 is 1.35 bits per heavy atom. The number of nitrogen functional groups attached to an aromatic ring is 1. The van der Waals surface area contributed by atoms with Crippen LogP contribution in [0.2, 0.25) is 0 Å². The van der Waals surface area contributed by atoms with Crippen LogP contribution in [0.1, 0.15) is 19.4 Å². The Kier molecular flexibility index (Phi) is 4.30. The number of nitrogens with one attached hydrogen (secondary N) is 1. The molecule has 7 nitrogen and oxygen atoms in total. The molecule has 112 valence electrons. The van der Waals surface area contributed by atoms with E-state index in [4.69, 9.17) is 16.6 Å². The van der Waals surface area contributed by atoms with Crippen molar-refractivity contribution in [3.63, 3.8) is 0 Å². The Balaban J connectivity index is 3.15. The molecule has 8 heteroatoms. The molecule has 0 aliphatic carbocycles. The van der Waals surface area contributed by atoms with Crippen LogP contribution in [0.4, 0.5) is 11.4 Å². The topological polar surface area (TPSA) is 141 Å². The van der Waals surface area contributed by atoms with E-state index in [0.717, 1.165) is 0 Å². The summed E-state index contributed by atoms with van der Waals surface area (Å²) in [5, 5.41) is 8.13. The summed E-state index contributed by atoms with van der Waals surface area (Å²) in [7, 11) is -3.86. The van der Waals surface area contributed by atoms with Gasteiger partial charge in [0.25, 0.3) is 0 Å². The summed E-state index contributed by atoms with van der Waals surface area (Å²) < 4.78 is 23.0. The van der Waals surface area contributed by atoms with Crippen LogP contribution >= 0.6 is 0 Å². The van der Waals surface area contributed by atoms with E-state index < -0.39 is 21.3 Å². The maximum Gasteiger partial charge on any atom is 0.238 e. The van der Waals surface area contributed by atoms with Gasteiger partial charge >= 0.3 is 0 Å². The predicted molar refractivity (Wildman–Crippen MR) is 78.4 cm³/mol. The van der Waals surface area contributed by atoms with E-state index in [2.05, 4.69) is 5.32 Å². The number of primary sulfonamides is 1. The van der Waals surface area contributed by atoms with Gasteiger partial charge in [-0.05, 0) is 38.5 Å². The van der Waals surface area contributed by atoms with Crippen LogP contribution in [0.25, 0.3) is 0 Å². The molecular weight excluding hydrogens is 280 g/mol. The summed E-state index contributed by atoms with van der Waals surface area (Å²) in [4.78, 5) is 11.2. The lowest BCUT2D eigenvalue weighted by Crippen LogP contribution is -2.37. The second-order valence-electron chi connectivity index (χ2n) is 5.34. The number of sulfonamides is 1. The number of primary amides is 1. The van der Waals surface area contributed by atoms with Crippen molar-refractivity contribution in [1.29, 1.82) is 0 Å². The molecule has 0 fully saturated rings. The summed E-state index contributed by atoms with van der Waals surface area (Å²) >= 11 is 0. The summed E-state index contributed by atoms with van der Waals surface area (Å²) in [6, 6.07) is 2.89. The van der Waals surface area contributed by atoms with Crippen molar-refractivity contribution in [3.8, 4) is 0 Å². The SMILES string of the molecule is Cc1c(NCC(C)(C)C(N)=O)cc(N)cc1S(N)(=O)=O. The Bertz CT molecular complexity index is 638. The zero-order valence-electron chi connectivity index (χ0n) is 11.7. The van der Waals surface area contributed by atoms with Crippen LogP contribution in [0.15, 0.2) is 17.0 Å². The summed E-state index contributed by atoms with van der Waals surface area (Å²) in [5.74, 6) is -0.460. The number of amides is 1. The fourth-order valence-corrected chi connectivity index (χ4v) is 2.43. The number of hydrogen-bond acceptors (Lipinski definition) is 5. The van der Waals surface area contributed by atoms with Crippen molar-refractivity contribution in [2.24, 2.45) is 16.3 Å². The lowest BCUT2D eigenvalue weighted by atomic mass is 9.92.